The van der Waals surface area contributed by atoms with E-state index in [0.717, 1.165) is 5.69 Å². The van der Waals surface area contributed by atoms with Crippen LogP contribution in [0.5, 0.6) is 17.2 Å². The van der Waals surface area contributed by atoms with Crippen LogP contribution in [-0.4, -0.2) is 50.9 Å². The van der Waals surface area contributed by atoms with Crippen molar-refractivity contribution in [3.8, 4) is 17.2 Å². The zero-order chi connectivity index (χ0) is 20.2. The lowest BCUT2D eigenvalue weighted by Crippen LogP contribution is -2.47. The molecule has 0 spiro atoms. The summed E-state index contributed by atoms with van der Waals surface area (Å²) in [5, 5.41) is 5.65. The quantitative estimate of drug-likeness (QED) is 0.805. The summed E-state index contributed by atoms with van der Waals surface area (Å²) in [5.74, 6) is 2.02. The molecule has 4 rings (SSSR count). The number of carbonyl (C=O) groups is 2. The SMILES string of the molecule is COc1cccc(N2CC(NC(=O)NCC3COc4ccccc4O3)CC2=O)c1. The van der Waals surface area contributed by atoms with Crippen LogP contribution in [0.2, 0.25) is 0 Å². The number of rotatable bonds is 5. The maximum atomic E-state index is 12.4. The number of nitrogens with one attached hydrogen (secondary N) is 2. The number of benzene rings is 2. The number of ether oxygens (including phenoxy) is 3. The normalized spacial score (nSPS) is 20.3. The number of amides is 3. The fourth-order valence-corrected chi connectivity index (χ4v) is 3.44. The second-order valence-corrected chi connectivity index (χ2v) is 6.96. The topological polar surface area (TPSA) is 89.1 Å². The van der Waals surface area contributed by atoms with Crippen LogP contribution in [0.3, 0.4) is 0 Å². The first-order chi connectivity index (χ1) is 14.1. The Morgan fingerprint density at radius 2 is 2.03 bits per heavy atom. The van der Waals surface area contributed by atoms with Crippen LogP contribution in [-0.2, 0) is 4.79 Å². The van der Waals surface area contributed by atoms with Gasteiger partial charge in [0.15, 0.2) is 17.6 Å². The number of anilines is 1. The van der Waals surface area contributed by atoms with Gasteiger partial charge in [-0.1, -0.05) is 18.2 Å². The largest absolute Gasteiger partial charge is 0.497 e. The molecule has 2 aliphatic heterocycles. The molecule has 29 heavy (non-hydrogen) atoms. The predicted molar refractivity (Wildman–Crippen MR) is 107 cm³/mol. The molecular weight excluding hydrogens is 374 g/mol. The smallest absolute Gasteiger partial charge is 0.315 e. The minimum Gasteiger partial charge on any atom is -0.497 e. The van der Waals surface area contributed by atoms with Gasteiger partial charge in [-0.2, -0.15) is 0 Å². The highest BCUT2D eigenvalue weighted by Gasteiger charge is 2.32. The average molecular weight is 397 g/mol. The minimum absolute atomic E-state index is 0.0378. The molecule has 0 bridgehead atoms. The Balaban J connectivity index is 1.27. The van der Waals surface area contributed by atoms with E-state index in [1.165, 1.54) is 0 Å². The van der Waals surface area contributed by atoms with E-state index in [1.807, 2.05) is 42.5 Å². The number of urea groups is 1. The first-order valence-electron chi connectivity index (χ1n) is 9.49. The molecule has 0 aliphatic carbocycles. The Bertz CT molecular complexity index is 903. The third-order valence-corrected chi connectivity index (χ3v) is 4.88. The molecule has 1 saturated heterocycles. The maximum absolute atomic E-state index is 12.4. The Labute approximate surface area is 168 Å². The number of carbonyl (C=O) groups excluding carboxylic acids is 2. The first-order valence-corrected chi connectivity index (χ1v) is 9.49. The van der Waals surface area contributed by atoms with E-state index in [1.54, 1.807) is 18.1 Å². The van der Waals surface area contributed by atoms with Crippen molar-refractivity contribution in [2.45, 2.75) is 18.6 Å². The van der Waals surface area contributed by atoms with Crippen LogP contribution in [0, 0.1) is 0 Å². The van der Waals surface area contributed by atoms with Crippen LogP contribution in [0.25, 0.3) is 0 Å². The second-order valence-electron chi connectivity index (χ2n) is 6.96. The molecule has 8 heteroatoms. The molecule has 1 fully saturated rings. The lowest BCUT2D eigenvalue weighted by molar-refractivity contribution is -0.117. The van der Waals surface area contributed by atoms with Crippen molar-refractivity contribution in [2.24, 2.45) is 0 Å². The summed E-state index contributed by atoms with van der Waals surface area (Å²) < 4.78 is 16.7. The van der Waals surface area contributed by atoms with Gasteiger partial charge in [0.2, 0.25) is 5.91 Å². The average Bonchev–Trinajstić information content (AvgIpc) is 3.12. The molecule has 0 saturated carbocycles. The van der Waals surface area contributed by atoms with E-state index in [2.05, 4.69) is 10.6 Å². The van der Waals surface area contributed by atoms with Gasteiger partial charge < -0.3 is 29.7 Å². The molecule has 2 aliphatic rings. The summed E-state index contributed by atoms with van der Waals surface area (Å²) in [6.45, 7) is 1.08. The molecule has 3 amide bonds. The number of hydrogen-bond donors (Lipinski definition) is 2. The lowest BCUT2D eigenvalue weighted by atomic mass is 10.2. The van der Waals surface area contributed by atoms with Gasteiger partial charge >= 0.3 is 6.03 Å². The highest BCUT2D eigenvalue weighted by Crippen LogP contribution is 2.30. The fourth-order valence-electron chi connectivity index (χ4n) is 3.44. The van der Waals surface area contributed by atoms with Gasteiger partial charge in [-0.15, -0.1) is 0 Å². The molecule has 2 heterocycles. The lowest BCUT2D eigenvalue weighted by Gasteiger charge is -2.26. The number of fused-ring (bicyclic) bond motifs is 1. The van der Waals surface area contributed by atoms with Gasteiger partial charge in [0.1, 0.15) is 12.4 Å². The number of para-hydroxylation sites is 2. The van der Waals surface area contributed by atoms with Crippen molar-refractivity contribution in [3.63, 3.8) is 0 Å². The molecule has 0 aromatic heterocycles. The van der Waals surface area contributed by atoms with Crippen molar-refractivity contribution in [1.82, 2.24) is 10.6 Å². The number of hydrogen-bond acceptors (Lipinski definition) is 5. The zero-order valence-corrected chi connectivity index (χ0v) is 16.1. The van der Waals surface area contributed by atoms with E-state index >= 15 is 0 Å². The second kappa shape index (κ2) is 8.30. The zero-order valence-electron chi connectivity index (χ0n) is 16.1. The van der Waals surface area contributed by atoms with E-state index in [4.69, 9.17) is 14.2 Å². The van der Waals surface area contributed by atoms with E-state index in [9.17, 15) is 9.59 Å². The fraction of sp³-hybridized carbons (Fsp3) is 0.333. The van der Waals surface area contributed by atoms with Crippen molar-refractivity contribution < 1.29 is 23.8 Å². The summed E-state index contributed by atoms with van der Waals surface area (Å²) in [6.07, 6.45) is -0.0183. The van der Waals surface area contributed by atoms with E-state index in [-0.39, 0.29) is 30.5 Å². The van der Waals surface area contributed by atoms with Crippen molar-refractivity contribution in [3.05, 3.63) is 48.5 Å². The monoisotopic (exact) mass is 397 g/mol. The molecular formula is C21H23N3O5. The van der Waals surface area contributed by atoms with Gasteiger partial charge in [0.25, 0.3) is 0 Å². The van der Waals surface area contributed by atoms with E-state index in [0.29, 0.717) is 36.9 Å². The maximum Gasteiger partial charge on any atom is 0.315 e. The van der Waals surface area contributed by atoms with Crippen LogP contribution < -0.4 is 29.7 Å². The Morgan fingerprint density at radius 1 is 1.21 bits per heavy atom. The molecule has 2 N–H and O–H groups in total. The van der Waals surface area contributed by atoms with Crippen LogP contribution in [0.4, 0.5) is 10.5 Å². The molecule has 2 aromatic carbocycles. The molecule has 2 aromatic rings. The van der Waals surface area contributed by atoms with Gasteiger partial charge in [0.05, 0.1) is 19.7 Å². The van der Waals surface area contributed by atoms with E-state index < -0.39 is 0 Å². The summed E-state index contributed by atoms with van der Waals surface area (Å²) in [7, 11) is 1.58. The Morgan fingerprint density at radius 3 is 2.86 bits per heavy atom. The minimum atomic E-state index is -0.335. The molecule has 0 radical (unpaired) electrons. The van der Waals surface area contributed by atoms with Crippen molar-refractivity contribution >= 4 is 17.6 Å². The van der Waals surface area contributed by atoms with Crippen molar-refractivity contribution in [2.75, 3.05) is 31.7 Å². The Kier molecular flexibility index (Phi) is 5.41. The van der Waals surface area contributed by atoms with Crippen LogP contribution in [0.1, 0.15) is 6.42 Å². The number of methoxy groups -OCH3 is 1. The van der Waals surface area contributed by atoms with Crippen LogP contribution >= 0.6 is 0 Å². The summed E-state index contributed by atoms with van der Waals surface area (Å²) in [5.41, 5.74) is 0.755. The summed E-state index contributed by atoms with van der Waals surface area (Å²) in [6, 6.07) is 14.1. The van der Waals surface area contributed by atoms with Crippen LogP contribution in [0.15, 0.2) is 48.5 Å². The molecule has 2 atom stereocenters. The van der Waals surface area contributed by atoms with Gasteiger partial charge in [-0.25, -0.2) is 4.79 Å². The molecule has 8 nitrogen and oxygen atoms in total. The van der Waals surface area contributed by atoms with Gasteiger partial charge in [-0.05, 0) is 24.3 Å². The summed E-state index contributed by atoms with van der Waals surface area (Å²) in [4.78, 5) is 26.3. The van der Waals surface area contributed by atoms with Crippen molar-refractivity contribution in [1.29, 1.82) is 0 Å². The third-order valence-electron chi connectivity index (χ3n) is 4.88. The predicted octanol–water partition coefficient (Wildman–Crippen LogP) is 1.94. The summed E-state index contributed by atoms with van der Waals surface area (Å²) >= 11 is 0. The number of nitrogens with zero attached hydrogens (tertiary/aromatic N) is 1. The third kappa shape index (κ3) is 4.37. The molecule has 152 valence electrons. The van der Waals surface area contributed by atoms with Gasteiger partial charge in [0, 0.05) is 24.7 Å². The molecule has 2 unspecified atom stereocenters. The Hall–Kier alpha value is -3.42. The van der Waals surface area contributed by atoms with Gasteiger partial charge in [-0.3, -0.25) is 4.79 Å². The highest BCUT2D eigenvalue weighted by molar-refractivity contribution is 5.97. The standard InChI is InChI=1S/C21H23N3O5/c1-27-16-6-4-5-15(10-16)24-12-14(9-20(24)25)23-21(26)22-11-17-13-28-18-7-2-3-8-19(18)29-17/h2-8,10,14,17H,9,11-13H2,1H3,(H2,22,23,26). The highest BCUT2D eigenvalue weighted by atomic mass is 16.6. The first kappa shape index (κ1) is 18.9.